The fourth-order valence-corrected chi connectivity index (χ4v) is 5.01. The van der Waals surface area contributed by atoms with Gasteiger partial charge in [0.25, 0.3) is 0 Å². The van der Waals surface area contributed by atoms with E-state index in [-0.39, 0.29) is 5.41 Å². The summed E-state index contributed by atoms with van der Waals surface area (Å²) in [6.07, 6.45) is 6.96. The van der Waals surface area contributed by atoms with Crippen molar-refractivity contribution in [3.8, 4) is 11.9 Å². The van der Waals surface area contributed by atoms with E-state index < -0.39 is 11.2 Å². The molecule has 166 valence electrons. The van der Waals surface area contributed by atoms with E-state index in [1.54, 1.807) is 27.3 Å². The largest absolute Gasteiger partial charge is 0.387 e. The lowest BCUT2D eigenvalue weighted by Crippen LogP contribution is -2.53. The average Bonchev–Trinajstić information content (AvgIpc) is 3.38. The first-order chi connectivity index (χ1) is 15.3. The molecule has 5 rings (SSSR count). The minimum atomic E-state index is -0.973. The summed E-state index contributed by atoms with van der Waals surface area (Å²) in [7, 11) is 1.65. The molecule has 2 aliphatic rings. The van der Waals surface area contributed by atoms with Gasteiger partial charge in [0.05, 0.1) is 35.3 Å². The quantitative estimate of drug-likeness (QED) is 0.661. The molecule has 1 N–H and O–H groups in total. The lowest BCUT2D eigenvalue weighted by atomic mass is 9.65. The van der Waals surface area contributed by atoms with Crippen LogP contribution in [-0.4, -0.2) is 56.3 Å². The van der Waals surface area contributed by atoms with E-state index in [0.29, 0.717) is 18.8 Å². The molecule has 0 spiro atoms. The predicted octanol–water partition coefficient (Wildman–Crippen LogP) is 3.13. The van der Waals surface area contributed by atoms with Gasteiger partial charge >= 0.3 is 0 Å². The van der Waals surface area contributed by atoms with E-state index in [9.17, 15) is 10.4 Å². The van der Waals surface area contributed by atoms with Crippen LogP contribution < -0.4 is 4.90 Å². The Balaban J connectivity index is 1.50. The number of rotatable bonds is 5. The van der Waals surface area contributed by atoms with E-state index in [1.807, 2.05) is 29.1 Å². The Hall–Kier alpha value is -3.02. The van der Waals surface area contributed by atoms with Crippen LogP contribution >= 0.6 is 0 Å². The topological polar surface area (TPSA) is 100 Å². The second kappa shape index (κ2) is 7.26. The highest BCUT2D eigenvalue weighted by Crippen LogP contribution is 2.44. The van der Waals surface area contributed by atoms with Gasteiger partial charge in [-0.2, -0.15) is 10.4 Å². The van der Waals surface area contributed by atoms with Crippen LogP contribution in [0.5, 0.6) is 0 Å². The summed E-state index contributed by atoms with van der Waals surface area (Å²) in [5.41, 5.74) is -0.0305. The summed E-state index contributed by atoms with van der Waals surface area (Å²) < 4.78 is 7.58. The van der Waals surface area contributed by atoms with Gasteiger partial charge < -0.3 is 14.7 Å². The van der Waals surface area contributed by atoms with E-state index in [4.69, 9.17) is 4.74 Å². The zero-order valence-electron chi connectivity index (χ0n) is 18.7. The number of aliphatic hydroxyl groups is 1. The number of nitriles is 1. The highest BCUT2D eigenvalue weighted by molar-refractivity contribution is 5.81. The molecule has 1 aromatic carbocycles. The van der Waals surface area contributed by atoms with Crippen LogP contribution in [0.15, 0.2) is 36.8 Å². The molecule has 8 nitrogen and oxygen atoms in total. The van der Waals surface area contributed by atoms with Crippen molar-refractivity contribution >= 4 is 16.7 Å². The maximum Gasteiger partial charge on any atom is 0.159 e. The van der Waals surface area contributed by atoms with Gasteiger partial charge in [-0.3, -0.25) is 0 Å². The Labute approximate surface area is 187 Å². The number of benzene rings is 1. The highest BCUT2D eigenvalue weighted by atomic mass is 16.5. The van der Waals surface area contributed by atoms with Gasteiger partial charge in [-0.25, -0.2) is 14.6 Å². The number of anilines is 1. The number of hydrogen-bond donors (Lipinski definition) is 1. The van der Waals surface area contributed by atoms with Gasteiger partial charge in [-0.05, 0) is 51.2 Å². The Kier molecular flexibility index (Phi) is 4.73. The normalized spacial score (nSPS) is 22.7. The molecular weight excluding hydrogens is 404 g/mol. The standard InChI is InChI=1S/C24H28N6O2/c1-22(2,31)24(32-3)9-10-29(15-24)20-12-21(27-16-26-20)30-19-11-18(6-5-17(19)13-28-30)23(14-25)7-4-8-23/h5-6,11-13,16,31H,4,7-10,15H2,1-3H3/t24-/m1/s1. The van der Waals surface area contributed by atoms with Crippen molar-refractivity contribution < 1.29 is 9.84 Å². The Morgan fingerprint density at radius 1 is 1.16 bits per heavy atom. The van der Waals surface area contributed by atoms with Gasteiger partial charge in [-0.15, -0.1) is 0 Å². The lowest BCUT2D eigenvalue weighted by molar-refractivity contribution is -0.138. The van der Waals surface area contributed by atoms with E-state index in [0.717, 1.165) is 48.1 Å². The van der Waals surface area contributed by atoms with Crippen LogP contribution in [0.25, 0.3) is 16.7 Å². The average molecular weight is 433 g/mol. The molecule has 0 bridgehead atoms. The van der Waals surface area contributed by atoms with Crippen LogP contribution in [0.4, 0.5) is 5.82 Å². The smallest absolute Gasteiger partial charge is 0.159 e. The van der Waals surface area contributed by atoms with Crippen molar-refractivity contribution in [1.29, 1.82) is 5.26 Å². The summed E-state index contributed by atoms with van der Waals surface area (Å²) in [6, 6.07) is 10.6. The molecule has 1 saturated heterocycles. The number of fused-ring (bicyclic) bond motifs is 1. The third-order valence-electron chi connectivity index (χ3n) is 7.46. The fourth-order valence-electron chi connectivity index (χ4n) is 5.01. The Morgan fingerprint density at radius 3 is 2.56 bits per heavy atom. The lowest BCUT2D eigenvalue weighted by Gasteiger charge is -2.39. The summed E-state index contributed by atoms with van der Waals surface area (Å²) in [5.74, 6) is 1.44. The number of nitrogens with zero attached hydrogens (tertiary/aromatic N) is 6. The maximum absolute atomic E-state index is 10.7. The zero-order chi connectivity index (χ0) is 22.6. The SMILES string of the molecule is CO[C@]1(C(C)(C)O)CCN(c2cc(-n3ncc4ccc(C5(C#N)CCC5)cc43)ncn2)C1. The molecule has 3 heterocycles. The number of methoxy groups -OCH3 is 1. The number of hydrogen-bond acceptors (Lipinski definition) is 7. The molecule has 32 heavy (non-hydrogen) atoms. The number of aromatic nitrogens is 4. The van der Waals surface area contributed by atoms with Crippen LogP contribution in [0.2, 0.25) is 0 Å². The molecule has 0 amide bonds. The fraction of sp³-hybridized carbons (Fsp3) is 0.500. The third kappa shape index (κ3) is 3.07. The van der Waals surface area contributed by atoms with Gasteiger partial charge in [0.1, 0.15) is 17.7 Å². The first-order valence-electron chi connectivity index (χ1n) is 11.1. The third-order valence-corrected chi connectivity index (χ3v) is 7.46. The molecule has 1 aliphatic heterocycles. The molecular formula is C24H28N6O2. The summed E-state index contributed by atoms with van der Waals surface area (Å²) >= 11 is 0. The second-order valence-corrected chi connectivity index (χ2v) is 9.54. The van der Waals surface area contributed by atoms with Gasteiger partial charge in [0.15, 0.2) is 5.82 Å². The molecule has 2 fully saturated rings. The van der Waals surface area contributed by atoms with Gasteiger partial charge in [0.2, 0.25) is 0 Å². The van der Waals surface area contributed by atoms with E-state index in [1.165, 1.54) is 0 Å². The predicted molar refractivity (Wildman–Crippen MR) is 121 cm³/mol. The van der Waals surface area contributed by atoms with Crippen molar-refractivity contribution in [2.45, 2.75) is 56.1 Å². The Morgan fingerprint density at radius 2 is 1.94 bits per heavy atom. The molecule has 0 radical (unpaired) electrons. The van der Waals surface area contributed by atoms with Crippen LogP contribution in [0.3, 0.4) is 0 Å². The van der Waals surface area contributed by atoms with Crippen molar-refractivity contribution in [1.82, 2.24) is 19.7 Å². The minimum Gasteiger partial charge on any atom is -0.387 e. The van der Waals surface area contributed by atoms with Crippen molar-refractivity contribution in [2.24, 2.45) is 0 Å². The zero-order valence-corrected chi connectivity index (χ0v) is 18.7. The molecule has 3 aromatic rings. The first-order valence-corrected chi connectivity index (χ1v) is 11.1. The second-order valence-electron chi connectivity index (χ2n) is 9.54. The first kappa shape index (κ1) is 20.9. The molecule has 0 unspecified atom stereocenters. The summed E-state index contributed by atoms with van der Waals surface area (Å²) in [5, 5.41) is 26.0. The minimum absolute atomic E-state index is 0.379. The van der Waals surface area contributed by atoms with E-state index >= 15 is 0 Å². The van der Waals surface area contributed by atoms with Crippen LogP contribution in [-0.2, 0) is 10.2 Å². The van der Waals surface area contributed by atoms with E-state index in [2.05, 4.69) is 32.1 Å². The summed E-state index contributed by atoms with van der Waals surface area (Å²) in [4.78, 5) is 11.1. The molecule has 1 aliphatic carbocycles. The van der Waals surface area contributed by atoms with Crippen molar-refractivity contribution in [3.63, 3.8) is 0 Å². The molecule has 8 heteroatoms. The monoisotopic (exact) mass is 432 g/mol. The van der Waals surface area contributed by atoms with Crippen molar-refractivity contribution in [3.05, 3.63) is 42.4 Å². The van der Waals surface area contributed by atoms with Crippen LogP contribution in [0, 0.1) is 11.3 Å². The Bertz CT molecular complexity index is 1200. The molecule has 1 atom stereocenters. The van der Waals surface area contributed by atoms with Crippen molar-refractivity contribution in [2.75, 3.05) is 25.1 Å². The highest BCUT2D eigenvalue weighted by Gasteiger charge is 2.49. The number of ether oxygens (including phenoxy) is 1. The molecule has 2 aromatic heterocycles. The van der Waals surface area contributed by atoms with Gasteiger partial charge in [-0.1, -0.05) is 12.1 Å². The van der Waals surface area contributed by atoms with Crippen LogP contribution in [0.1, 0.15) is 45.1 Å². The summed E-state index contributed by atoms with van der Waals surface area (Å²) in [6.45, 7) is 4.84. The van der Waals surface area contributed by atoms with Gasteiger partial charge in [0, 0.05) is 25.1 Å². The molecule has 1 saturated carbocycles. The maximum atomic E-state index is 10.7.